The number of carbonyl (C=O) groups excluding carboxylic acids is 1. The lowest BCUT2D eigenvalue weighted by Crippen LogP contribution is -2.47. The van der Waals surface area contributed by atoms with Gasteiger partial charge in [0.25, 0.3) is 0 Å². The second-order valence-corrected chi connectivity index (χ2v) is 5.99. The molecular formula is C14H23N5O2. The summed E-state index contributed by atoms with van der Waals surface area (Å²) in [7, 11) is 0. The van der Waals surface area contributed by atoms with Crippen LogP contribution in [-0.4, -0.2) is 75.9 Å². The first-order valence-corrected chi connectivity index (χ1v) is 7.61. The molecule has 0 aliphatic carbocycles. The van der Waals surface area contributed by atoms with Gasteiger partial charge in [-0.25, -0.2) is 9.67 Å². The van der Waals surface area contributed by atoms with E-state index in [1.807, 2.05) is 11.8 Å². The van der Waals surface area contributed by atoms with Crippen molar-refractivity contribution in [1.29, 1.82) is 0 Å². The lowest BCUT2D eigenvalue weighted by Gasteiger charge is -2.34. The summed E-state index contributed by atoms with van der Waals surface area (Å²) in [5.41, 5.74) is 0. The van der Waals surface area contributed by atoms with Gasteiger partial charge in [-0.05, 0) is 12.8 Å². The Morgan fingerprint density at radius 1 is 1.33 bits per heavy atom. The minimum atomic E-state index is -0.289. The predicted octanol–water partition coefficient (Wildman–Crippen LogP) is 0.0182. The number of hydrogen-bond acceptors (Lipinski definition) is 5. The Bertz CT molecular complexity index is 472. The van der Waals surface area contributed by atoms with Gasteiger partial charge in [-0.15, -0.1) is 0 Å². The van der Waals surface area contributed by atoms with Crippen molar-refractivity contribution in [1.82, 2.24) is 24.6 Å². The van der Waals surface area contributed by atoms with Crippen LogP contribution in [0.15, 0.2) is 12.7 Å². The van der Waals surface area contributed by atoms with Gasteiger partial charge in [-0.3, -0.25) is 9.69 Å². The molecule has 7 heteroatoms. The number of rotatable bonds is 3. The topological polar surface area (TPSA) is 63.5 Å². The molecule has 2 aliphatic heterocycles. The van der Waals surface area contributed by atoms with Gasteiger partial charge < -0.3 is 9.64 Å². The molecule has 1 aromatic rings. The molecule has 2 saturated heterocycles. The van der Waals surface area contributed by atoms with E-state index in [-0.39, 0.29) is 11.9 Å². The zero-order valence-corrected chi connectivity index (χ0v) is 12.7. The highest BCUT2D eigenvalue weighted by molar-refractivity contribution is 5.80. The number of hydrogen-bond donors (Lipinski definition) is 0. The first-order valence-electron chi connectivity index (χ1n) is 7.61. The van der Waals surface area contributed by atoms with Crippen LogP contribution >= 0.6 is 0 Å². The molecule has 0 spiro atoms. The van der Waals surface area contributed by atoms with Crippen molar-refractivity contribution in [2.75, 3.05) is 39.4 Å². The third kappa shape index (κ3) is 2.94. The van der Waals surface area contributed by atoms with Gasteiger partial charge >= 0.3 is 0 Å². The molecule has 3 rings (SSSR count). The molecule has 7 nitrogen and oxygen atoms in total. The summed E-state index contributed by atoms with van der Waals surface area (Å²) in [5, 5.41) is 4.07. The number of amides is 1. The maximum atomic E-state index is 12.6. The largest absolute Gasteiger partial charge is 0.379 e. The SMILES string of the molecule is C[C@@H]1CN(C(=O)[C@@H](C)n2cncn2)C[C@@H]1N1CCOCC1. The molecule has 0 aromatic carbocycles. The van der Waals surface area contributed by atoms with Gasteiger partial charge in [0, 0.05) is 32.2 Å². The van der Waals surface area contributed by atoms with E-state index in [4.69, 9.17) is 4.74 Å². The van der Waals surface area contributed by atoms with Crippen LogP contribution in [0.3, 0.4) is 0 Å². The van der Waals surface area contributed by atoms with Crippen LogP contribution in [0.5, 0.6) is 0 Å². The molecule has 0 saturated carbocycles. The van der Waals surface area contributed by atoms with E-state index < -0.39 is 0 Å². The van der Waals surface area contributed by atoms with Crippen LogP contribution in [0.4, 0.5) is 0 Å². The second kappa shape index (κ2) is 6.11. The molecule has 3 atom stereocenters. The Kier molecular flexibility index (Phi) is 4.21. The average Bonchev–Trinajstić information content (AvgIpc) is 3.16. The second-order valence-electron chi connectivity index (χ2n) is 5.99. The molecule has 0 radical (unpaired) electrons. The van der Waals surface area contributed by atoms with E-state index in [9.17, 15) is 4.79 Å². The van der Waals surface area contributed by atoms with Crippen molar-refractivity contribution < 1.29 is 9.53 Å². The average molecular weight is 293 g/mol. The fourth-order valence-electron chi connectivity index (χ4n) is 3.31. The molecule has 21 heavy (non-hydrogen) atoms. The standard InChI is InChI=1S/C14H23N5O2/c1-11-7-18(8-13(11)17-3-5-21-6-4-17)14(20)12(2)19-10-15-9-16-19/h9-13H,3-8H2,1-2H3/t11-,12-,13+/m1/s1. The summed E-state index contributed by atoms with van der Waals surface area (Å²) < 4.78 is 7.04. The van der Waals surface area contributed by atoms with Crippen LogP contribution in [0.2, 0.25) is 0 Å². The summed E-state index contributed by atoms with van der Waals surface area (Å²) in [6, 6.07) is 0.156. The lowest BCUT2D eigenvalue weighted by atomic mass is 10.0. The Balaban J connectivity index is 1.63. The quantitative estimate of drug-likeness (QED) is 0.786. The monoisotopic (exact) mass is 293 g/mol. The van der Waals surface area contributed by atoms with E-state index in [0.29, 0.717) is 12.0 Å². The van der Waals surface area contributed by atoms with E-state index in [1.54, 1.807) is 11.0 Å². The summed E-state index contributed by atoms with van der Waals surface area (Å²) >= 11 is 0. The van der Waals surface area contributed by atoms with Crippen LogP contribution in [-0.2, 0) is 9.53 Å². The van der Waals surface area contributed by atoms with Crippen molar-refractivity contribution in [2.24, 2.45) is 5.92 Å². The summed E-state index contributed by atoms with van der Waals surface area (Å²) in [4.78, 5) is 21.0. The van der Waals surface area contributed by atoms with E-state index >= 15 is 0 Å². The van der Waals surface area contributed by atoms with Crippen LogP contribution in [0.25, 0.3) is 0 Å². The third-order valence-corrected chi connectivity index (χ3v) is 4.59. The van der Waals surface area contributed by atoms with Crippen molar-refractivity contribution in [2.45, 2.75) is 25.9 Å². The molecule has 116 valence electrons. The fourth-order valence-corrected chi connectivity index (χ4v) is 3.31. The van der Waals surface area contributed by atoms with Gasteiger partial charge in [0.15, 0.2) is 0 Å². The number of likely N-dealkylation sites (tertiary alicyclic amines) is 1. The zero-order chi connectivity index (χ0) is 14.8. The van der Waals surface area contributed by atoms with Crippen molar-refractivity contribution in [3.05, 3.63) is 12.7 Å². The number of aromatic nitrogens is 3. The fraction of sp³-hybridized carbons (Fsp3) is 0.786. The normalized spacial score (nSPS) is 28.8. The van der Waals surface area contributed by atoms with Crippen molar-refractivity contribution in [3.8, 4) is 0 Å². The molecule has 0 unspecified atom stereocenters. The maximum absolute atomic E-state index is 12.6. The highest BCUT2D eigenvalue weighted by Gasteiger charge is 2.38. The Labute approximate surface area is 124 Å². The number of carbonyl (C=O) groups is 1. The molecule has 3 heterocycles. The number of morpholine rings is 1. The Morgan fingerprint density at radius 3 is 2.76 bits per heavy atom. The van der Waals surface area contributed by atoms with E-state index in [2.05, 4.69) is 21.9 Å². The molecule has 2 aliphatic rings. The summed E-state index contributed by atoms with van der Waals surface area (Å²) in [6.45, 7) is 9.26. The summed E-state index contributed by atoms with van der Waals surface area (Å²) in [5.74, 6) is 0.623. The van der Waals surface area contributed by atoms with Crippen LogP contribution in [0, 0.1) is 5.92 Å². The third-order valence-electron chi connectivity index (χ3n) is 4.59. The van der Waals surface area contributed by atoms with Gasteiger partial charge in [0.05, 0.1) is 13.2 Å². The minimum absolute atomic E-state index is 0.128. The molecule has 0 bridgehead atoms. The number of nitrogens with zero attached hydrogens (tertiary/aromatic N) is 5. The molecule has 0 N–H and O–H groups in total. The van der Waals surface area contributed by atoms with Gasteiger partial charge in [0.2, 0.25) is 5.91 Å². The van der Waals surface area contributed by atoms with E-state index in [0.717, 1.165) is 39.4 Å². The smallest absolute Gasteiger partial charge is 0.247 e. The van der Waals surface area contributed by atoms with Crippen molar-refractivity contribution in [3.63, 3.8) is 0 Å². The molecule has 1 amide bonds. The van der Waals surface area contributed by atoms with Gasteiger partial charge in [-0.2, -0.15) is 5.10 Å². The Hall–Kier alpha value is -1.47. The summed E-state index contributed by atoms with van der Waals surface area (Å²) in [6.07, 6.45) is 3.06. The zero-order valence-electron chi connectivity index (χ0n) is 12.7. The predicted molar refractivity (Wildman–Crippen MR) is 76.7 cm³/mol. The van der Waals surface area contributed by atoms with Gasteiger partial charge in [-0.1, -0.05) is 6.92 Å². The number of ether oxygens (including phenoxy) is 1. The van der Waals surface area contributed by atoms with Gasteiger partial charge in [0.1, 0.15) is 18.7 Å². The van der Waals surface area contributed by atoms with Crippen molar-refractivity contribution >= 4 is 5.91 Å². The van der Waals surface area contributed by atoms with Crippen LogP contribution < -0.4 is 0 Å². The van der Waals surface area contributed by atoms with E-state index in [1.165, 1.54) is 6.33 Å². The first-order chi connectivity index (χ1) is 10.2. The molecule has 2 fully saturated rings. The highest BCUT2D eigenvalue weighted by atomic mass is 16.5. The van der Waals surface area contributed by atoms with Crippen LogP contribution in [0.1, 0.15) is 19.9 Å². The highest BCUT2D eigenvalue weighted by Crippen LogP contribution is 2.24. The first kappa shape index (κ1) is 14.5. The Morgan fingerprint density at radius 2 is 2.10 bits per heavy atom. The maximum Gasteiger partial charge on any atom is 0.247 e. The minimum Gasteiger partial charge on any atom is -0.379 e. The molecule has 1 aromatic heterocycles. The molecular weight excluding hydrogens is 270 g/mol. The lowest BCUT2D eigenvalue weighted by molar-refractivity contribution is -0.133.